The molecule has 108 valence electrons. The molecular weight excluding hydrogens is 264 g/mol. The first-order valence-corrected chi connectivity index (χ1v) is 8.20. The topological polar surface area (TPSA) is 63.6 Å². The maximum Gasteiger partial charge on any atom is 0.150 e. The van der Waals surface area contributed by atoms with Crippen LogP contribution < -0.4 is 4.74 Å². The Morgan fingerprint density at radius 2 is 1.84 bits per heavy atom. The number of rotatable bonds is 7. The lowest BCUT2D eigenvalue weighted by Gasteiger charge is -2.24. The average molecular weight is 286 g/mol. The summed E-state index contributed by atoms with van der Waals surface area (Å²) in [6, 6.07) is 7.17. The van der Waals surface area contributed by atoms with Gasteiger partial charge in [0.05, 0.1) is 18.5 Å². The van der Waals surface area contributed by atoms with Crippen molar-refractivity contribution in [1.29, 1.82) is 0 Å². The Kier molecular flexibility index (Phi) is 5.38. The molecule has 0 heterocycles. The van der Waals surface area contributed by atoms with Crippen LogP contribution in [0.3, 0.4) is 0 Å². The number of hydrogen-bond donors (Lipinski definition) is 1. The molecule has 0 aliphatic rings. The van der Waals surface area contributed by atoms with Gasteiger partial charge in [-0.1, -0.05) is 19.1 Å². The molecule has 0 bridgehead atoms. The van der Waals surface area contributed by atoms with Gasteiger partial charge in [0.15, 0.2) is 0 Å². The normalized spacial score (nSPS) is 14.9. The van der Waals surface area contributed by atoms with E-state index in [0.29, 0.717) is 12.8 Å². The first-order valence-electron chi connectivity index (χ1n) is 6.38. The second-order valence-electron chi connectivity index (χ2n) is 4.84. The zero-order chi connectivity index (χ0) is 14.5. The number of ether oxygens (including phenoxy) is 1. The highest BCUT2D eigenvalue weighted by molar-refractivity contribution is 7.91. The number of sulfone groups is 1. The minimum Gasteiger partial charge on any atom is -0.497 e. The van der Waals surface area contributed by atoms with Crippen LogP contribution in [0.4, 0.5) is 0 Å². The van der Waals surface area contributed by atoms with Gasteiger partial charge in [-0.25, -0.2) is 8.42 Å². The van der Waals surface area contributed by atoms with Crippen molar-refractivity contribution >= 4 is 9.84 Å². The van der Waals surface area contributed by atoms with E-state index < -0.39 is 15.4 Å². The van der Waals surface area contributed by atoms with Crippen molar-refractivity contribution < 1.29 is 18.3 Å². The predicted molar refractivity (Wildman–Crippen MR) is 76.1 cm³/mol. The standard InChI is InChI=1S/C14H22O4S/c1-4-19(16,17)11-5-10-14(2,15)12-6-8-13(18-3)9-7-12/h6-9,15H,4-5,10-11H2,1-3H3. The molecule has 0 aliphatic heterocycles. The molecule has 4 nitrogen and oxygen atoms in total. The fourth-order valence-corrected chi connectivity index (χ4v) is 2.75. The van der Waals surface area contributed by atoms with E-state index in [-0.39, 0.29) is 11.5 Å². The molecule has 0 aliphatic carbocycles. The Hall–Kier alpha value is -1.07. The monoisotopic (exact) mass is 286 g/mol. The van der Waals surface area contributed by atoms with Crippen molar-refractivity contribution in [3.63, 3.8) is 0 Å². The molecule has 0 amide bonds. The largest absolute Gasteiger partial charge is 0.497 e. The minimum atomic E-state index is -2.97. The van der Waals surface area contributed by atoms with E-state index in [9.17, 15) is 13.5 Å². The van der Waals surface area contributed by atoms with Crippen LogP contribution in [0.1, 0.15) is 32.3 Å². The predicted octanol–water partition coefficient (Wildman–Crippen LogP) is 2.12. The SMILES string of the molecule is CCS(=O)(=O)CCCC(C)(O)c1ccc(OC)cc1. The lowest BCUT2D eigenvalue weighted by atomic mass is 9.91. The van der Waals surface area contributed by atoms with Crippen molar-refractivity contribution in [1.82, 2.24) is 0 Å². The molecule has 0 fully saturated rings. The van der Waals surface area contributed by atoms with Gasteiger partial charge in [0, 0.05) is 5.75 Å². The van der Waals surface area contributed by atoms with Gasteiger partial charge in [-0.05, 0) is 37.5 Å². The van der Waals surface area contributed by atoms with E-state index in [2.05, 4.69) is 0 Å². The van der Waals surface area contributed by atoms with E-state index in [0.717, 1.165) is 11.3 Å². The second-order valence-corrected chi connectivity index (χ2v) is 7.32. The van der Waals surface area contributed by atoms with Crippen LogP contribution in [0.2, 0.25) is 0 Å². The van der Waals surface area contributed by atoms with Crippen molar-refractivity contribution in [3.05, 3.63) is 29.8 Å². The van der Waals surface area contributed by atoms with Crippen molar-refractivity contribution in [2.24, 2.45) is 0 Å². The molecule has 19 heavy (non-hydrogen) atoms. The van der Waals surface area contributed by atoms with Gasteiger partial charge >= 0.3 is 0 Å². The Morgan fingerprint density at radius 1 is 1.26 bits per heavy atom. The third-order valence-electron chi connectivity index (χ3n) is 3.27. The van der Waals surface area contributed by atoms with Gasteiger partial charge in [-0.2, -0.15) is 0 Å². The van der Waals surface area contributed by atoms with Gasteiger partial charge in [0.25, 0.3) is 0 Å². The molecule has 0 saturated carbocycles. The Morgan fingerprint density at radius 3 is 2.32 bits per heavy atom. The van der Waals surface area contributed by atoms with E-state index in [1.165, 1.54) is 0 Å². The van der Waals surface area contributed by atoms with Crippen LogP contribution in [-0.4, -0.2) is 32.1 Å². The summed E-state index contributed by atoms with van der Waals surface area (Å²) in [5.74, 6) is 1.00. The van der Waals surface area contributed by atoms with E-state index in [1.54, 1.807) is 45.2 Å². The summed E-state index contributed by atoms with van der Waals surface area (Å²) < 4.78 is 27.9. The molecule has 1 aromatic rings. The average Bonchev–Trinajstić information content (AvgIpc) is 2.38. The summed E-state index contributed by atoms with van der Waals surface area (Å²) in [4.78, 5) is 0. The first-order chi connectivity index (χ1) is 8.80. The van der Waals surface area contributed by atoms with Gasteiger partial charge in [-0.3, -0.25) is 0 Å². The summed E-state index contributed by atoms with van der Waals surface area (Å²) in [5, 5.41) is 10.4. The second kappa shape index (κ2) is 6.39. The molecule has 1 atom stereocenters. The number of methoxy groups -OCH3 is 1. The highest BCUT2D eigenvalue weighted by Crippen LogP contribution is 2.27. The van der Waals surface area contributed by atoms with Crippen molar-refractivity contribution in [2.45, 2.75) is 32.3 Å². The maximum absolute atomic E-state index is 11.4. The highest BCUT2D eigenvalue weighted by Gasteiger charge is 2.23. The molecule has 1 aromatic carbocycles. The fraction of sp³-hybridized carbons (Fsp3) is 0.571. The van der Waals surface area contributed by atoms with Gasteiger partial charge in [0.1, 0.15) is 15.6 Å². The summed E-state index contributed by atoms with van der Waals surface area (Å²) in [6.45, 7) is 3.34. The molecule has 1 unspecified atom stereocenters. The summed E-state index contributed by atoms with van der Waals surface area (Å²) in [7, 11) is -1.38. The maximum atomic E-state index is 11.4. The van der Waals surface area contributed by atoms with Gasteiger partial charge in [-0.15, -0.1) is 0 Å². The van der Waals surface area contributed by atoms with Crippen LogP contribution >= 0.6 is 0 Å². The van der Waals surface area contributed by atoms with Crippen molar-refractivity contribution in [3.8, 4) is 5.75 Å². The first kappa shape index (κ1) is 16.0. The third kappa shape index (κ3) is 4.84. The van der Waals surface area contributed by atoms with Gasteiger partial charge in [0.2, 0.25) is 0 Å². The van der Waals surface area contributed by atoms with Gasteiger partial charge < -0.3 is 9.84 Å². The lowest BCUT2D eigenvalue weighted by Crippen LogP contribution is -2.22. The van der Waals surface area contributed by atoms with Crippen LogP contribution in [0.25, 0.3) is 0 Å². The quantitative estimate of drug-likeness (QED) is 0.834. The van der Waals surface area contributed by atoms with Crippen LogP contribution in [0.5, 0.6) is 5.75 Å². The lowest BCUT2D eigenvalue weighted by molar-refractivity contribution is 0.0471. The Labute approximate surface area is 115 Å². The number of hydrogen-bond acceptors (Lipinski definition) is 4. The fourth-order valence-electron chi connectivity index (χ4n) is 1.88. The van der Waals surface area contributed by atoms with E-state index in [4.69, 9.17) is 4.74 Å². The molecule has 0 spiro atoms. The highest BCUT2D eigenvalue weighted by atomic mass is 32.2. The molecule has 5 heteroatoms. The zero-order valence-corrected chi connectivity index (χ0v) is 12.5. The van der Waals surface area contributed by atoms with Crippen LogP contribution in [-0.2, 0) is 15.4 Å². The number of benzene rings is 1. The van der Waals surface area contributed by atoms with E-state index >= 15 is 0 Å². The minimum absolute atomic E-state index is 0.121. The van der Waals surface area contributed by atoms with Crippen LogP contribution in [0.15, 0.2) is 24.3 Å². The molecular formula is C14H22O4S. The number of aliphatic hydroxyl groups is 1. The summed E-state index contributed by atoms with van der Waals surface area (Å²) in [5.41, 5.74) is -0.252. The molecule has 0 radical (unpaired) electrons. The molecule has 0 aromatic heterocycles. The Balaban J connectivity index is 2.64. The summed E-state index contributed by atoms with van der Waals surface area (Å²) in [6.07, 6.45) is 0.869. The smallest absolute Gasteiger partial charge is 0.150 e. The van der Waals surface area contributed by atoms with Crippen LogP contribution in [0, 0.1) is 0 Å². The molecule has 1 N–H and O–H groups in total. The Bertz CT molecular complexity index is 489. The molecule has 1 rings (SSSR count). The third-order valence-corrected chi connectivity index (χ3v) is 5.06. The zero-order valence-electron chi connectivity index (χ0n) is 11.7. The van der Waals surface area contributed by atoms with Crippen molar-refractivity contribution in [2.75, 3.05) is 18.6 Å². The van der Waals surface area contributed by atoms with E-state index in [1.807, 2.05) is 0 Å². The molecule has 0 saturated heterocycles. The summed E-state index contributed by atoms with van der Waals surface area (Å²) >= 11 is 0.